The maximum absolute atomic E-state index is 14.0. The van der Waals surface area contributed by atoms with Crippen molar-refractivity contribution in [3.8, 4) is 0 Å². The van der Waals surface area contributed by atoms with Gasteiger partial charge in [0.15, 0.2) is 5.78 Å². The van der Waals surface area contributed by atoms with Gasteiger partial charge in [-0.05, 0) is 24.6 Å². The largest absolute Gasteiger partial charge is 0.450 e. The minimum atomic E-state index is -4.69. The Morgan fingerprint density at radius 1 is 0.867 bits per heavy atom. The van der Waals surface area contributed by atoms with Crippen LogP contribution in [0.2, 0.25) is 0 Å². The van der Waals surface area contributed by atoms with E-state index in [1.54, 1.807) is 54.6 Å². The number of aryl methyl sites for hydroxylation is 1. The Hall–Kier alpha value is -3.67. The lowest BCUT2D eigenvalue weighted by molar-refractivity contribution is -0.145. The number of nitrogens with zero attached hydrogens (tertiary/aromatic N) is 2. The summed E-state index contributed by atoms with van der Waals surface area (Å²) in [5.74, 6) is -1.35. The smallest absolute Gasteiger partial charge is 0.289 e. The van der Waals surface area contributed by atoms with Crippen LogP contribution in [0.3, 0.4) is 0 Å². The van der Waals surface area contributed by atoms with E-state index in [1.165, 1.54) is 6.07 Å². The van der Waals surface area contributed by atoms with Crippen LogP contribution in [0.5, 0.6) is 0 Å². The number of aromatic nitrogens is 2. The topological polar surface area (TPSA) is 34.4 Å². The zero-order chi connectivity index (χ0) is 21.0. The molecule has 0 N–H and O–H groups in total. The Bertz CT molecular complexity index is 1460. The molecule has 0 aliphatic carbocycles. The SMILES string of the molecule is Cc1ccccc1C(=O)c1c2ccccc2n2c(C(F)(F)F)nc3ccccc3c12. The van der Waals surface area contributed by atoms with Crippen molar-refractivity contribution in [2.75, 3.05) is 0 Å². The minimum Gasteiger partial charge on any atom is -0.289 e. The van der Waals surface area contributed by atoms with Crippen molar-refractivity contribution < 1.29 is 18.0 Å². The van der Waals surface area contributed by atoms with E-state index in [0.717, 1.165) is 9.96 Å². The number of alkyl halides is 3. The zero-order valence-corrected chi connectivity index (χ0v) is 15.9. The van der Waals surface area contributed by atoms with Gasteiger partial charge in [-0.25, -0.2) is 4.98 Å². The van der Waals surface area contributed by atoms with Crippen molar-refractivity contribution in [1.82, 2.24) is 9.38 Å². The molecule has 0 saturated heterocycles. The van der Waals surface area contributed by atoms with Gasteiger partial charge in [0.05, 0.1) is 22.1 Å². The molecule has 6 heteroatoms. The summed E-state index contributed by atoms with van der Waals surface area (Å²) in [7, 11) is 0. The first-order chi connectivity index (χ1) is 14.4. The number of ketones is 1. The van der Waals surface area contributed by atoms with Crippen molar-refractivity contribution in [2.24, 2.45) is 0 Å². The van der Waals surface area contributed by atoms with Crippen LogP contribution in [0.25, 0.3) is 27.3 Å². The van der Waals surface area contributed by atoms with E-state index in [0.29, 0.717) is 21.9 Å². The molecule has 0 fully saturated rings. The molecule has 0 saturated carbocycles. The molecule has 2 heterocycles. The van der Waals surface area contributed by atoms with Crippen LogP contribution in [0, 0.1) is 6.92 Å². The predicted molar refractivity (Wildman–Crippen MR) is 110 cm³/mol. The number of hydrogen-bond acceptors (Lipinski definition) is 2. The Kier molecular flexibility index (Phi) is 3.93. The lowest BCUT2D eigenvalue weighted by Crippen LogP contribution is -2.15. The molecule has 0 amide bonds. The lowest BCUT2D eigenvalue weighted by Gasteiger charge is -2.13. The predicted octanol–water partition coefficient (Wildman–Crippen LogP) is 6.20. The van der Waals surface area contributed by atoms with Gasteiger partial charge in [0.25, 0.3) is 0 Å². The number of benzene rings is 3. The third-order valence-electron chi connectivity index (χ3n) is 5.34. The molecule has 5 aromatic rings. The van der Waals surface area contributed by atoms with Gasteiger partial charge in [0, 0.05) is 16.3 Å². The fraction of sp³-hybridized carbons (Fsp3) is 0.0833. The van der Waals surface area contributed by atoms with E-state index in [4.69, 9.17) is 0 Å². The van der Waals surface area contributed by atoms with Crippen LogP contribution in [0.15, 0.2) is 72.8 Å². The summed E-state index contributed by atoms with van der Waals surface area (Å²) in [4.78, 5) is 17.6. The Morgan fingerprint density at radius 2 is 1.50 bits per heavy atom. The summed E-state index contributed by atoms with van der Waals surface area (Å²) in [6.45, 7) is 1.81. The fourth-order valence-electron chi connectivity index (χ4n) is 4.03. The van der Waals surface area contributed by atoms with Gasteiger partial charge in [-0.15, -0.1) is 0 Å². The van der Waals surface area contributed by atoms with Crippen molar-refractivity contribution in [2.45, 2.75) is 13.1 Å². The van der Waals surface area contributed by atoms with E-state index in [1.807, 2.05) is 19.1 Å². The Balaban J connectivity index is 2.04. The molecule has 30 heavy (non-hydrogen) atoms. The van der Waals surface area contributed by atoms with Gasteiger partial charge in [0.1, 0.15) is 0 Å². The number of fused-ring (bicyclic) bond motifs is 5. The molecule has 2 aromatic heterocycles. The van der Waals surface area contributed by atoms with E-state index in [2.05, 4.69) is 4.98 Å². The first-order valence-corrected chi connectivity index (χ1v) is 9.37. The molecule has 0 spiro atoms. The summed E-state index contributed by atoms with van der Waals surface area (Å²) < 4.78 is 43.1. The van der Waals surface area contributed by atoms with Crippen molar-refractivity contribution in [3.05, 3.63) is 95.3 Å². The highest BCUT2D eigenvalue weighted by molar-refractivity contribution is 6.25. The highest BCUT2D eigenvalue weighted by Gasteiger charge is 2.38. The fourth-order valence-corrected chi connectivity index (χ4v) is 4.03. The quantitative estimate of drug-likeness (QED) is 0.328. The van der Waals surface area contributed by atoms with Gasteiger partial charge in [-0.1, -0.05) is 60.7 Å². The second kappa shape index (κ2) is 6.42. The molecule has 0 unspecified atom stereocenters. The second-order valence-corrected chi connectivity index (χ2v) is 7.17. The average Bonchev–Trinajstić information content (AvgIpc) is 3.08. The van der Waals surface area contributed by atoms with Gasteiger partial charge in [-0.3, -0.25) is 9.20 Å². The average molecular weight is 404 g/mol. The molecule has 0 aliphatic heterocycles. The molecule has 0 radical (unpaired) electrons. The number of rotatable bonds is 2. The number of halogens is 3. The maximum atomic E-state index is 14.0. The monoisotopic (exact) mass is 404 g/mol. The van der Waals surface area contributed by atoms with Crippen molar-refractivity contribution in [3.63, 3.8) is 0 Å². The van der Waals surface area contributed by atoms with Crippen molar-refractivity contribution >= 4 is 33.1 Å². The summed E-state index contributed by atoms with van der Waals surface area (Å²) >= 11 is 0. The van der Waals surface area contributed by atoms with E-state index >= 15 is 0 Å². The molecular formula is C24H15F3N2O. The van der Waals surface area contributed by atoms with Crippen molar-refractivity contribution in [1.29, 1.82) is 0 Å². The first-order valence-electron chi connectivity index (χ1n) is 9.37. The Morgan fingerprint density at radius 3 is 2.23 bits per heavy atom. The number of hydrogen-bond donors (Lipinski definition) is 0. The summed E-state index contributed by atoms with van der Waals surface area (Å²) in [6.07, 6.45) is -4.69. The first kappa shape index (κ1) is 18.4. The number of carbonyl (C=O) groups is 1. The van der Waals surface area contributed by atoms with Gasteiger partial charge in [-0.2, -0.15) is 13.2 Å². The molecule has 0 atom stereocenters. The lowest BCUT2D eigenvalue weighted by atomic mass is 9.96. The third kappa shape index (κ3) is 2.60. The normalized spacial score (nSPS) is 12.1. The molecule has 3 nitrogen and oxygen atoms in total. The second-order valence-electron chi connectivity index (χ2n) is 7.17. The zero-order valence-electron chi connectivity index (χ0n) is 15.9. The van der Waals surface area contributed by atoms with E-state index in [-0.39, 0.29) is 22.4 Å². The summed E-state index contributed by atoms with van der Waals surface area (Å²) in [6, 6.07) is 20.3. The van der Waals surface area contributed by atoms with Crippen LogP contribution in [-0.4, -0.2) is 15.2 Å². The van der Waals surface area contributed by atoms with Crippen LogP contribution < -0.4 is 0 Å². The highest BCUT2D eigenvalue weighted by atomic mass is 19.4. The molecule has 3 aromatic carbocycles. The van der Waals surface area contributed by atoms with Crippen LogP contribution >= 0.6 is 0 Å². The minimum absolute atomic E-state index is 0.193. The Labute approximate surface area is 169 Å². The number of carbonyl (C=O) groups excluding carboxylic acids is 1. The molecular weight excluding hydrogens is 389 g/mol. The summed E-state index contributed by atoms with van der Waals surface area (Å²) in [5, 5.41) is 0.966. The molecule has 5 rings (SSSR count). The van der Waals surface area contributed by atoms with Crippen LogP contribution in [0.4, 0.5) is 13.2 Å². The third-order valence-corrected chi connectivity index (χ3v) is 5.34. The maximum Gasteiger partial charge on any atom is 0.450 e. The van der Waals surface area contributed by atoms with Crippen LogP contribution in [-0.2, 0) is 6.18 Å². The molecule has 0 aliphatic rings. The van der Waals surface area contributed by atoms with Gasteiger partial charge in [0.2, 0.25) is 5.82 Å². The van der Waals surface area contributed by atoms with Gasteiger partial charge < -0.3 is 0 Å². The highest BCUT2D eigenvalue weighted by Crippen LogP contribution is 2.38. The molecule has 0 bridgehead atoms. The number of para-hydroxylation sites is 2. The van der Waals surface area contributed by atoms with Crippen LogP contribution in [0.1, 0.15) is 27.3 Å². The van der Waals surface area contributed by atoms with Gasteiger partial charge >= 0.3 is 6.18 Å². The van der Waals surface area contributed by atoms with E-state index in [9.17, 15) is 18.0 Å². The standard InChI is InChI=1S/C24H15F3N2O/c1-14-8-2-3-9-15(14)22(30)20-17-11-5-7-13-19(17)29-21(20)16-10-4-6-12-18(16)28-23(29)24(25,26)27/h2-13H,1H3. The summed E-state index contributed by atoms with van der Waals surface area (Å²) in [5.41, 5.74) is 2.20. The molecule has 148 valence electrons. The van der Waals surface area contributed by atoms with E-state index < -0.39 is 12.0 Å².